The molecule has 0 radical (unpaired) electrons. The number of aromatic nitrogens is 6. The predicted molar refractivity (Wildman–Crippen MR) is 178 cm³/mol. The van der Waals surface area contributed by atoms with E-state index in [0.717, 1.165) is 54.4 Å². The number of sulfonamides is 1. The molecule has 6 heterocycles. The average Bonchev–Trinajstić information content (AvgIpc) is 3.72. The second-order valence-corrected chi connectivity index (χ2v) is 14.3. The van der Waals surface area contributed by atoms with Crippen LogP contribution in [-0.2, 0) is 10.0 Å². The largest absolute Gasteiger partial charge is 0.330 e. The van der Waals surface area contributed by atoms with Crippen LogP contribution < -0.4 is 21.2 Å². The van der Waals surface area contributed by atoms with Crippen LogP contribution in [0.5, 0.6) is 0 Å². The van der Waals surface area contributed by atoms with E-state index < -0.39 is 50.5 Å². The Morgan fingerprint density at radius 3 is 2.06 bits per heavy atom. The molecule has 266 valence electrons. The van der Waals surface area contributed by atoms with Gasteiger partial charge in [-0.2, -0.15) is 17.8 Å². The fourth-order valence-corrected chi connectivity index (χ4v) is 6.95. The molecule has 2 saturated heterocycles. The molecule has 5 aromatic rings. The number of nitrogens with one attached hydrogen (secondary N) is 4. The molecule has 7 rings (SSSR count). The second kappa shape index (κ2) is 13.7. The number of anilines is 1. The summed E-state index contributed by atoms with van der Waals surface area (Å²) >= 11 is 0. The third kappa shape index (κ3) is 7.02. The molecule has 1 amide bonds. The lowest BCUT2D eigenvalue weighted by molar-refractivity contribution is 0.0606. The van der Waals surface area contributed by atoms with Gasteiger partial charge in [0.15, 0.2) is 11.3 Å². The number of halogens is 3. The first-order valence-corrected chi connectivity index (χ1v) is 18.0. The number of fused-ring (bicyclic) bond motifs is 2. The van der Waals surface area contributed by atoms with Gasteiger partial charge in [0.05, 0.1) is 46.3 Å². The average molecular weight is 716 g/mol. The number of piperidine rings is 2. The van der Waals surface area contributed by atoms with Crippen LogP contribution in [0.3, 0.4) is 0 Å². The molecule has 14 nitrogen and oxygen atoms in total. The minimum absolute atomic E-state index is 0.0320. The number of aryl methyl sites for hydroxylation is 2. The Labute approximate surface area is 283 Å². The van der Waals surface area contributed by atoms with Gasteiger partial charge >= 0.3 is 11.1 Å². The number of carbonyl (C=O) groups is 1. The van der Waals surface area contributed by atoms with Crippen LogP contribution in [0, 0.1) is 31.3 Å². The molecule has 2 aliphatic heterocycles. The molecule has 0 unspecified atom stereocenters. The zero-order valence-electron chi connectivity index (χ0n) is 27.5. The van der Waals surface area contributed by atoms with Crippen LogP contribution in [0.2, 0.25) is 0 Å². The third-order valence-corrected chi connectivity index (χ3v) is 9.40. The number of amides is 1. The summed E-state index contributed by atoms with van der Waals surface area (Å²) in [5, 5.41) is 9.14. The maximum Gasteiger partial charge on any atom is 0.308 e. The highest BCUT2D eigenvalue weighted by molar-refractivity contribution is 7.92. The number of hydrogen-bond donors (Lipinski definition) is 4. The minimum atomic E-state index is -3.70. The fraction of sp³-hybridized carbons (Fsp3) is 0.406. The van der Waals surface area contributed by atoms with Gasteiger partial charge in [0.25, 0.3) is 5.91 Å². The topological polar surface area (TPSA) is 179 Å². The van der Waals surface area contributed by atoms with Crippen molar-refractivity contribution in [3.05, 3.63) is 96.8 Å². The highest BCUT2D eigenvalue weighted by Crippen LogP contribution is 2.33. The molecule has 0 spiro atoms. The lowest BCUT2D eigenvalue weighted by atomic mass is 9.98. The highest BCUT2D eigenvalue weighted by Gasteiger charge is 2.32. The number of H-pyrrole nitrogens is 2. The molecular formula is C32H36F3N9O5S. The predicted octanol–water partition coefficient (Wildman–Crippen LogP) is 3.63. The number of benzene rings is 1. The Morgan fingerprint density at radius 2 is 1.46 bits per heavy atom. The molecular weight excluding hydrogens is 679 g/mol. The fourth-order valence-electron chi connectivity index (χ4n) is 6.37. The summed E-state index contributed by atoms with van der Waals surface area (Å²) in [6, 6.07) is 6.31. The number of rotatable bonds is 5. The van der Waals surface area contributed by atoms with Crippen LogP contribution in [0.4, 0.5) is 18.9 Å². The molecule has 2 atom stereocenters. The zero-order valence-corrected chi connectivity index (χ0v) is 28.3. The first-order valence-electron chi connectivity index (χ1n) is 16.1. The van der Waals surface area contributed by atoms with Gasteiger partial charge in [-0.05, 0) is 70.7 Å². The van der Waals surface area contributed by atoms with E-state index in [-0.39, 0.29) is 34.3 Å². The van der Waals surface area contributed by atoms with Crippen LogP contribution in [-0.4, -0.2) is 67.8 Å². The molecule has 50 heavy (non-hydrogen) atoms. The van der Waals surface area contributed by atoms with E-state index in [4.69, 9.17) is 0 Å². The molecule has 18 heteroatoms. The Morgan fingerprint density at radius 1 is 0.860 bits per heavy atom. The Bertz CT molecular complexity index is 2330. The van der Waals surface area contributed by atoms with Crippen LogP contribution in [0.1, 0.15) is 83.7 Å². The van der Waals surface area contributed by atoms with Crippen molar-refractivity contribution in [1.82, 2.24) is 39.4 Å². The Balaban J connectivity index is 0.000000202. The molecule has 0 bridgehead atoms. The van der Waals surface area contributed by atoms with Crippen molar-refractivity contribution in [1.29, 1.82) is 0 Å². The van der Waals surface area contributed by atoms with Gasteiger partial charge in [-0.15, -0.1) is 0 Å². The van der Waals surface area contributed by atoms with Crippen molar-refractivity contribution in [3.8, 4) is 0 Å². The molecule has 2 fully saturated rings. The second-order valence-electron chi connectivity index (χ2n) is 12.5. The van der Waals surface area contributed by atoms with Crippen LogP contribution in [0.15, 0.2) is 39.9 Å². The first kappa shape index (κ1) is 34.9. The SMILES string of the molecule is Cc1nc2cc([C@@H]3CCCCN3)[nH]n2c(=O)c1F.Cc1nc2cc([C@@H]3CCCCN3C(=O)c3cc(F)ccc3NS(C)(=O)=O)[nH]n2c(=O)c1F. The lowest BCUT2D eigenvalue weighted by Crippen LogP contribution is -2.39. The monoisotopic (exact) mass is 715 g/mol. The van der Waals surface area contributed by atoms with E-state index >= 15 is 0 Å². The lowest BCUT2D eigenvalue weighted by Gasteiger charge is -2.35. The number of likely N-dealkylation sites (tertiary alicyclic amines) is 1. The van der Waals surface area contributed by atoms with Gasteiger partial charge < -0.3 is 10.2 Å². The zero-order chi connectivity index (χ0) is 35.9. The van der Waals surface area contributed by atoms with E-state index in [1.807, 2.05) is 6.07 Å². The third-order valence-electron chi connectivity index (χ3n) is 8.81. The van der Waals surface area contributed by atoms with E-state index in [9.17, 15) is 36.0 Å². The van der Waals surface area contributed by atoms with Gasteiger partial charge in [0.2, 0.25) is 21.7 Å². The first-order chi connectivity index (χ1) is 23.7. The van der Waals surface area contributed by atoms with E-state index in [2.05, 4.69) is 30.2 Å². The summed E-state index contributed by atoms with van der Waals surface area (Å²) in [5.41, 5.74) is 0.456. The smallest absolute Gasteiger partial charge is 0.308 e. The van der Waals surface area contributed by atoms with Crippen molar-refractivity contribution in [2.75, 3.05) is 24.1 Å². The van der Waals surface area contributed by atoms with E-state index in [1.165, 1.54) is 35.7 Å². The summed E-state index contributed by atoms with van der Waals surface area (Å²) in [4.78, 5) is 47.0. The van der Waals surface area contributed by atoms with Crippen molar-refractivity contribution in [3.63, 3.8) is 0 Å². The summed E-state index contributed by atoms with van der Waals surface area (Å²) in [6.45, 7) is 4.20. The van der Waals surface area contributed by atoms with Crippen molar-refractivity contribution in [2.45, 2.75) is 64.5 Å². The van der Waals surface area contributed by atoms with Gasteiger partial charge in [0, 0.05) is 24.7 Å². The standard InChI is InChI=1S/C20H21F2N5O4S.C12H15FN4O/c1-11-18(22)20(29)27-17(23-11)10-15(24-27)16-5-3-4-8-26(16)19(28)13-9-12(21)6-7-14(13)25-32(2,30)31;1-7-11(13)12(18)17-10(15-7)6-9(16-17)8-4-2-3-5-14-8/h6-7,9-10,16,24-25H,3-5,8H2,1-2H3;6,8,14,16H,2-5H2,1H3/t16-;8-/m00/s1. The van der Waals surface area contributed by atoms with Crippen molar-refractivity contribution in [2.24, 2.45) is 0 Å². The molecule has 1 aromatic carbocycles. The molecule has 4 aromatic heterocycles. The van der Waals surface area contributed by atoms with Crippen molar-refractivity contribution >= 4 is 32.9 Å². The maximum atomic E-state index is 14.0. The number of nitrogens with zero attached hydrogens (tertiary/aromatic N) is 5. The molecule has 2 aliphatic rings. The van der Waals surface area contributed by atoms with Crippen LogP contribution >= 0.6 is 0 Å². The van der Waals surface area contributed by atoms with Crippen LogP contribution in [0.25, 0.3) is 11.3 Å². The number of hydrogen-bond acceptors (Lipinski definition) is 8. The Kier molecular flexibility index (Phi) is 9.58. The summed E-state index contributed by atoms with van der Waals surface area (Å²) in [6.07, 6.45) is 6.30. The van der Waals surface area contributed by atoms with Crippen molar-refractivity contribution < 1.29 is 26.4 Å². The van der Waals surface area contributed by atoms with Gasteiger partial charge in [0.1, 0.15) is 5.82 Å². The maximum absolute atomic E-state index is 14.0. The summed E-state index contributed by atoms with van der Waals surface area (Å²) < 4.78 is 69.2. The minimum Gasteiger partial charge on any atom is -0.330 e. The quantitative estimate of drug-likeness (QED) is 0.213. The molecule has 4 N–H and O–H groups in total. The normalized spacial score (nSPS) is 18.2. The summed E-state index contributed by atoms with van der Waals surface area (Å²) in [7, 11) is -3.70. The number of carbonyl (C=O) groups excluding carboxylic acids is 1. The number of aromatic amines is 2. The highest BCUT2D eigenvalue weighted by atomic mass is 32.2. The van der Waals surface area contributed by atoms with Gasteiger partial charge in [-0.25, -0.2) is 22.8 Å². The summed E-state index contributed by atoms with van der Waals surface area (Å²) in [5.74, 6) is -3.02. The molecule has 0 aliphatic carbocycles. The van der Waals surface area contributed by atoms with E-state index in [1.54, 1.807) is 6.07 Å². The van der Waals surface area contributed by atoms with E-state index in [0.29, 0.717) is 30.7 Å². The van der Waals surface area contributed by atoms with Gasteiger partial charge in [-0.3, -0.25) is 29.3 Å². The Hall–Kier alpha value is -4.97. The van der Waals surface area contributed by atoms with Gasteiger partial charge in [-0.1, -0.05) is 6.42 Å². The molecule has 0 saturated carbocycles.